The van der Waals surface area contributed by atoms with Crippen molar-refractivity contribution in [2.45, 2.75) is 46.6 Å². The molecule has 5 nitrogen and oxygen atoms in total. The molecule has 30 heavy (non-hydrogen) atoms. The third-order valence-corrected chi connectivity index (χ3v) is 5.60. The van der Waals surface area contributed by atoms with E-state index < -0.39 is 5.41 Å². The van der Waals surface area contributed by atoms with Gasteiger partial charge in [-0.25, -0.2) is 0 Å². The number of amides is 2. The zero-order valence-corrected chi connectivity index (χ0v) is 18.2. The van der Waals surface area contributed by atoms with Gasteiger partial charge < -0.3 is 15.0 Å². The van der Waals surface area contributed by atoms with Crippen molar-refractivity contribution >= 4 is 17.5 Å². The van der Waals surface area contributed by atoms with E-state index in [9.17, 15) is 9.59 Å². The third-order valence-electron chi connectivity index (χ3n) is 5.60. The summed E-state index contributed by atoms with van der Waals surface area (Å²) >= 11 is 0. The predicted molar refractivity (Wildman–Crippen MR) is 119 cm³/mol. The summed E-state index contributed by atoms with van der Waals surface area (Å²) in [6.45, 7) is 7.41. The second-order valence-electron chi connectivity index (χ2n) is 8.40. The largest absolute Gasteiger partial charge is 0.381 e. The van der Waals surface area contributed by atoms with Crippen molar-refractivity contribution in [2.75, 3.05) is 24.7 Å². The van der Waals surface area contributed by atoms with Crippen LogP contribution in [0, 0.1) is 5.41 Å². The fraction of sp³-hybridized carbons (Fsp3) is 0.440. The van der Waals surface area contributed by atoms with Crippen LogP contribution in [0.4, 0.5) is 5.69 Å². The number of benzene rings is 2. The molecule has 160 valence electrons. The lowest BCUT2D eigenvalue weighted by molar-refractivity contribution is -0.132. The third kappa shape index (κ3) is 5.28. The van der Waals surface area contributed by atoms with Crippen molar-refractivity contribution in [3.8, 4) is 0 Å². The smallest absolute Gasteiger partial charge is 0.229 e. The maximum atomic E-state index is 13.2. The Balaban J connectivity index is 1.70. The van der Waals surface area contributed by atoms with Gasteiger partial charge in [0.05, 0.1) is 18.6 Å². The molecule has 0 aromatic heterocycles. The first-order valence-corrected chi connectivity index (χ1v) is 10.7. The Morgan fingerprint density at radius 2 is 1.63 bits per heavy atom. The number of ether oxygens (including phenoxy) is 1. The average molecular weight is 409 g/mol. The highest BCUT2D eigenvalue weighted by atomic mass is 16.5. The highest BCUT2D eigenvalue weighted by molar-refractivity contribution is 5.94. The number of hydrogen-bond acceptors (Lipinski definition) is 3. The minimum atomic E-state index is -0.620. The van der Waals surface area contributed by atoms with Gasteiger partial charge in [-0.3, -0.25) is 9.59 Å². The van der Waals surface area contributed by atoms with E-state index in [1.807, 2.05) is 49.9 Å². The molecule has 2 amide bonds. The lowest BCUT2D eigenvalue weighted by atomic mass is 9.93. The molecule has 3 rings (SSSR count). The summed E-state index contributed by atoms with van der Waals surface area (Å²) in [6, 6.07) is 16.4. The number of carbonyl (C=O) groups excluding carboxylic acids is 2. The normalized spacial score (nSPS) is 13.6. The molecule has 1 aliphatic rings. The molecule has 2 aromatic rings. The van der Waals surface area contributed by atoms with Gasteiger partial charge in [0.1, 0.15) is 0 Å². The number of hydrogen-bond donors (Lipinski definition) is 1. The predicted octanol–water partition coefficient (Wildman–Crippen LogP) is 3.89. The Morgan fingerprint density at radius 3 is 2.37 bits per heavy atom. The maximum Gasteiger partial charge on any atom is 0.229 e. The van der Waals surface area contributed by atoms with E-state index in [0.29, 0.717) is 26.3 Å². The molecule has 0 spiro atoms. The first-order chi connectivity index (χ1) is 14.4. The number of anilines is 1. The summed E-state index contributed by atoms with van der Waals surface area (Å²) in [7, 11) is 0. The van der Waals surface area contributed by atoms with Crippen molar-refractivity contribution in [1.29, 1.82) is 0 Å². The van der Waals surface area contributed by atoms with Crippen LogP contribution >= 0.6 is 0 Å². The van der Waals surface area contributed by atoms with Crippen molar-refractivity contribution in [3.63, 3.8) is 0 Å². The Bertz CT molecular complexity index is 891. The standard InChI is InChI=1S/C25H32N2O3/c1-4-30-18-25(2,3)24(29)26-16-15-23(28)27-17-21-11-6-5-9-19(21)13-14-20-10-7-8-12-22(20)27/h5-12H,4,13-18H2,1-3H3,(H,26,29). The monoisotopic (exact) mass is 408 g/mol. The number of aryl methyl sites for hydroxylation is 2. The molecule has 0 saturated heterocycles. The van der Waals surface area contributed by atoms with Gasteiger partial charge in [0, 0.05) is 25.3 Å². The number of rotatable bonds is 7. The quantitative estimate of drug-likeness (QED) is 0.756. The summed E-state index contributed by atoms with van der Waals surface area (Å²) in [5.74, 6) is -0.0794. The second kappa shape index (κ2) is 9.90. The van der Waals surface area contributed by atoms with Crippen LogP contribution in [-0.2, 0) is 33.7 Å². The number of carbonyl (C=O) groups is 2. The zero-order valence-electron chi connectivity index (χ0n) is 18.2. The van der Waals surface area contributed by atoms with E-state index in [0.717, 1.165) is 18.5 Å². The van der Waals surface area contributed by atoms with Gasteiger partial charge >= 0.3 is 0 Å². The van der Waals surface area contributed by atoms with E-state index in [-0.39, 0.29) is 18.2 Å². The molecule has 5 heteroatoms. The van der Waals surface area contributed by atoms with Crippen molar-refractivity contribution < 1.29 is 14.3 Å². The molecule has 0 unspecified atom stereocenters. The van der Waals surface area contributed by atoms with Crippen LogP contribution in [0.15, 0.2) is 48.5 Å². The SMILES string of the molecule is CCOCC(C)(C)C(=O)NCCC(=O)N1Cc2ccccc2CCc2ccccc21. The topological polar surface area (TPSA) is 58.6 Å². The summed E-state index contributed by atoms with van der Waals surface area (Å²) in [6.07, 6.45) is 2.13. The summed E-state index contributed by atoms with van der Waals surface area (Å²) in [5.41, 5.74) is 4.01. The number of fused-ring (bicyclic) bond motifs is 2. The van der Waals surface area contributed by atoms with Gasteiger partial charge in [0.25, 0.3) is 0 Å². The zero-order chi connectivity index (χ0) is 21.6. The number of para-hydroxylation sites is 1. The molecule has 1 N–H and O–H groups in total. The summed E-state index contributed by atoms with van der Waals surface area (Å²) in [4.78, 5) is 27.5. The molecule has 0 saturated carbocycles. The lowest BCUT2D eigenvalue weighted by Crippen LogP contribution is -2.42. The molecule has 0 radical (unpaired) electrons. The van der Waals surface area contributed by atoms with Crippen LogP contribution in [0.2, 0.25) is 0 Å². The van der Waals surface area contributed by atoms with Crippen LogP contribution in [0.1, 0.15) is 43.9 Å². The van der Waals surface area contributed by atoms with E-state index in [4.69, 9.17) is 4.74 Å². The van der Waals surface area contributed by atoms with E-state index in [1.165, 1.54) is 16.7 Å². The molecular weight excluding hydrogens is 376 g/mol. The minimum absolute atomic E-state index is 0.0158. The average Bonchev–Trinajstić information content (AvgIpc) is 2.73. The van der Waals surface area contributed by atoms with Gasteiger partial charge in [-0.1, -0.05) is 42.5 Å². The molecule has 0 bridgehead atoms. The fourth-order valence-electron chi connectivity index (χ4n) is 3.77. The Labute approximate surface area is 179 Å². The van der Waals surface area contributed by atoms with E-state index >= 15 is 0 Å². The van der Waals surface area contributed by atoms with Gasteiger partial charge in [0.2, 0.25) is 11.8 Å². The van der Waals surface area contributed by atoms with Gasteiger partial charge in [-0.05, 0) is 56.4 Å². The lowest BCUT2D eigenvalue weighted by Gasteiger charge is -2.29. The first kappa shape index (κ1) is 22.0. The van der Waals surface area contributed by atoms with Crippen molar-refractivity contribution in [2.24, 2.45) is 5.41 Å². The van der Waals surface area contributed by atoms with Crippen LogP contribution in [0.3, 0.4) is 0 Å². The Kier molecular flexibility index (Phi) is 7.27. The molecule has 0 aliphatic carbocycles. The van der Waals surface area contributed by atoms with Gasteiger partial charge in [0.15, 0.2) is 0 Å². The molecule has 1 heterocycles. The molecule has 0 fully saturated rings. The molecule has 2 aromatic carbocycles. The fourth-order valence-corrected chi connectivity index (χ4v) is 3.77. The molecule has 1 aliphatic heterocycles. The van der Waals surface area contributed by atoms with Crippen LogP contribution in [0.5, 0.6) is 0 Å². The van der Waals surface area contributed by atoms with Crippen molar-refractivity contribution in [3.05, 3.63) is 65.2 Å². The van der Waals surface area contributed by atoms with Crippen molar-refractivity contribution in [1.82, 2.24) is 5.32 Å². The maximum absolute atomic E-state index is 13.2. The Morgan fingerprint density at radius 1 is 1.00 bits per heavy atom. The van der Waals surface area contributed by atoms with E-state index in [1.54, 1.807) is 0 Å². The highest BCUT2D eigenvalue weighted by Crippen LogP contribution is 2.28. The highest BCUT2D eigenvalue weighted by Gasteiger charge is 2.28. The van der Waals surface area contributed by atoms with Crippen LogP contribution in [0.25, 0.3) is 0 Å². The molecular formula is C25H32N2O3. The second-order valence-corrected chi connectivity index (χ2v) is 8.40. The minimum Gasteiger partial charge on any atom is -0.381 e. The Hall–Kier alpha value is -2.66. The van der Waals surface area contributed by atoms with E-state index in [2.05, 4.69) is 29.6 Å². The van der Waals surface area contributed by atoms with Crippen LogP contribution in [-0.4, -0.2) is 31.6 Å². The number of nitrogens with one attached hydrogen (secondary N) is 1. The summed E-state index contributed by atoms with van der Waals surface area (Å²) in [5, 5.41) is 2.91. The van der Waals surface area contributed by atoms with Crippen LogP contribution < -0.4 is 10.2 Å². The molecule has 0 atom stereocenters. The first-order valence-electron chi connectivity index (χ1n) is 10.7. The summed E-state index contributed by atoms with van der Waals surface area (Å²) < 4.78 is 5.40. The van der Waals surface area contributed by atoms with Gasteiger partial charge in [-0.15, -0.1) is 0 Å². The van der Waals surface area contributed by atoms with Gasteiger partial charge in [-0.2, -0.15) is 0 Å². The number of nitrogens with zero attached hydrogens (tertiary/aromatic N) is 1.